The maximum absolute atomic E-state index is 12.9. The van der Waals surface area contributed by atoms with Gasteiger partial charge < -0.3 is 9.26 Å². The number of methoxy groups -OCH3 is 1. The topological polar surface area (TPSA) is 87.9 Å². The highest BCUT2D eigenvalue weighted by Gasteiger charge is 2.29. The highest BCUT2D eigenvalue weighted by molar-refractivity contribution is 6.32. The summed E-state index contributed by atoms with van der Waals surface area (Å²) in [6.45, 7) is 1.73. The van der Waals surface area contributed by atoms with Crippen molar-refractivity contribution in [2.75, 3.05) is 12.1 Å². The van der Waals surface area contributed by atoms with Crippen LogP contribution in [0.2, 0.25) is 0 Å². The van der Waals surface area contributed by atoms with E-state index in [9.17, 15) is 9.59 Å². The van der Waals surface area contributed by atoms with E-state index in [1.54, 1.807) is 50.4 Å². The van der Waals surface area contributed by atoms with E-state index in [-0.39, 0.29) is 11.5 Å². The molecule has 2 heterocycles. The number of ether oxygens (including phenoxy) is 1. The van der Waals surface area contributed by atoms with Crippen LogP contribution in [0.25, 0.3) is 17.3 Å². The van der Waals surface area contributed by atoms with Gasteiger partial charge in [-0.25, -0.2) is 9.95 Å². The highest BCUT2D eigenvalue weighted by atomic mass is 16.5. The van der Waals surface area contributed by atoms with Crippen LogP contribution < -0.4 is 15.4 Å². The molecule has 0 fully saturated rings. The lowest BCUT2D eigenvalue weighted by molar-refractivity contribution is -0.114. The van der Waals surface area contributed by atoms with Crippen LogP contribution in [0.15, 0.2) is 74.6 Å². The Morgan fingerprint density at radius 2 is 1.79 bits per heavy atom. The lowest BCUT2D eigenvalue weighted by atomic mass is 10.0. The van der Waals surface area contributed by atoms with Crippen molar-refractivity contribution in [1.82, 2.24) is 5.16 Å². The van der Waals surface area contributed by atoms with E-state index >= 15 is 0 Å². The molecular formula is C21H17N3O4. The van der Waals surface area contributed by atoms with Gasteiger partial charge in [-0.1, -0.05) is 18.2 Å². The lowest BCUT2D eigenvalue weighted by Gasteiger charge is -2.10. The zero-order valence-corrected chi connectivity index (χ0v) is 15.3. The molecule has 7 nitrogen and oxygen atoms in total. The number of aromatic nitrogens is 1. The van der Waals surface area contributed by atoms with Crippen LogP contribution in [0.5, 0.6) is 5.75 Å². The first-order valence-electron chi connectivity index (χ1n) is 8.61. The minimum atomic E-state index is -0.558. The number of benzene rings is 2. The van der Waals surface area contributed by atoms with Gasteiger partial charge in [-0.2, -0.15) is 10.1 Å². The fourth-order valence-corrected chi connectivity index (χ4v) is 2.99. The van der Waals surface area contributed by atoms with Gasteiger partial charge in [0.15, 0.2) is 0 Å². The summed E-state index contributed by atoms with van der Waals surface area (Å²) in [5, 5.41) is 8.29. The zero-order valence-electron chi connectivity index (χ0n) is 15.3. The Labute approximate surface area is 160 Å². The minimum absolute atomic E-state index is 0.262. The number of carbonyl (C=O) groups is 1. The van der Waals surface area contributed by atoms with Crippen molar-refractivity contribution in [1.29, 1.82) is 0 Å². The number of hydrogen-bond acceptors (Lipinski definition) is 5. The molecule has 2 aromatic carbocycles. The highest BCUT2D eigenvalue weighted by Crippen LogP contribution is 2.27. The average Bonchev–Trinajstić information content (AvgIpc) is 3.23. The monoisotopic (exact) mass is 375 g/mol. The van der Waals surface area contributed by atoms with Crippen LogP contribution in [0.3, 0.4) is 0 Å². The van der Waals surface area contributed by atoms with Crippen molar-refractivity contribution in [3.63, 3.8) is 0 Å². The van der Waals surface area contributed by atoms with Gasteiger partial charge in [0.05, 0.1) is 35.3 Å². The zero-order chi connectivity index (χ0) is 19.7. The largest absolute Gasteiger partial charge is 0.497 e. The molecule has 1 aliphatic heterocycles. The van der Waals surface area contributed by atoms with E-state index in [1.807, 2.05) is 18.2 Å². The summed E-state index contributed by atoms with van der Waals surface area (Å²) in [7, 11) is 1.58. The normalized spacial score (nSPS) is 15.2. The van der Waals surface area contributed by atoms with Gasteiger partial charge in [0, 0.05) is 5.56 Å². The molecule has 1 amide bonds. The molecule has 140 valence electrons. The summed E-state index contributed by atoms with van der Waals surface area (Å²) < 4.78 is 10.1. The van der Waals surface area contributed by atoms with Crippen LogP contribution in [0.4, 0.5) is 5.69 Å². The van der Waals surface area contributed by atoms with Crippen molar-refractivity contribution in [2.24, 2.45) is 5.10 Å². The fraction of sp³-hybridized carbons (Fsp3) is 0.0952. The number of nitrogens with one attached hydrogen (secondary N) is 1. The van der Waals surface area contributed by atoms with Gasteiger partial charge in [-0.05, 0) is 49.4 Å². The Balaban J connectivity index is 1.74. The first-order valence-corrected chi connectivity index (χ1v) is 8.61. The summed E-state index contributed by atoms with van der Waals surface area (Å²) in [6, 6.07) is 16.3. The number of nitrogens with zero attached hydrogens (tertiary/aromatic N) is 2. The smallest absolute Gasteiger partial charge is 0.365 e. The quantitative estimate of drug-likeness (QED) is 0.708. The van der Waals surface area contributed by atoms with Gasteiger partial charge in [0.25, 0.3) is 5.91 Å². The van der Waals surface area contributed by atoms with Crippen molar-refractivity contribution >= 4 is 23.4 Å². The number of hydrazone groups is 1. The van der Waals surface area contributed by atoms with Crippen LogP contribution in [0, 0.1) is 0 Å². The number of rotatable bonds is 4. The first kappa shape index (κ1) is 17.5. The molecule has 3 aromatic rings. The SMILES string of the molecule is COc1ccc(-c2[nH]oc(=O)c2/C=C2\C(=O)N(c3ccccc3)N=C2C)cc1. The Kier molecular flexibility index (Phi) is 4.41. The summed E-state index contributed by atoms with van der Waals surface area (Å²) in [4.78, 5) is 25.1. The van der Waals surface area contributed by atoms with E-state index in [0.29, 0.717) is 28.4 Å². The van der Waals surface area contributed by atoms with Crippen molar-refractivity contribution in [3.05, 3.63) is 76.2 Å². The van der Waals surface area contributed by atoms with E-state index in [0.717, 1.165) is 5.56 Å². The fourth-order valence-electron chi connectivity index (χ4n) is 2.99. The lowest BCUT2D eigenvalue weighted by Crippen LogP contribution is -2.21. The summed E-state index contributed by atoms with van der Waals surface area (Å²) in [6.07, 6.45) is 1.52. The average molecular weight is 375 g/mol. The maximum atomic E-state index is 12.9. The van der Waals surface area contributed by atoms with Crippen molar-refractivity contribution in [2.45, 2.75) is 6.92 Å². The summed E-state index contributed by atoms with van der Waals surface area (Å²) in [5.41, 5.74) is 2.44. The number of amides is 1. The Morgan fingerprint density at radius 3 is 2.46 bits per heavy atom. The molecule has 0 aliphatic carbocycles. The molecule has 0 bridgehead atoms. The summed E-state index contributed by atoms with van der Waals surface area (Å²) >= 11 is 0. The number of hydrogen-bond donors (Lipinski definition) is 1. The molecule has 0 unspecified atom stereocenters. The van der Waals surface area contributed by atoms with Crippen LogP contribution >= 0.6 is 0 Å². The second kappa shape index (κ2) is 7.03. The van der Waals surface area contributed by atoms with Crippen LogP contribution in [-0.4, -0.2) is 23.9 Å². The number of H-pyrrole nitrogens is 1. The molecule has 1 aliphatic rings. The second-order valence-electron chi connectivity index (χ2n) is 6.20. The molecule has 0 spiro atoms. The van der Waals surface area contributed by atoms with E-state index in [4.69, 9.17) is 9.26 Å². The Hall–Kier alpha value is -3.87. The molecule has 0 radical (unpaired) electrons. The molecule has 7 heteroatoms. The van der Waals surface area contributed by atoms with E-state index in [1.165, 1.54) is 11.1 Å². The van der Waals surface area contributed by atoms with Crippen LogP contribution in [-0.2, 0) is 4.79 Å². The Bertz CT molecular complexity index is 1140. The summed E-state index contributed by atoms with van der Waals surface area (Å²) in [5.74, 6) is 0.395. The van der Waals surface area contributed by atoms with Gasteiger partial charge in [0.2, 0.25) is 0 Å². The third-order valence-electron chi connectivity index (χ3n) is 4.47. The van der Waals surface area contributed by atoms with E-state index in [2.05, 4.69) is 10.3 Å². The molecule has 0 saturated carbocycles. The minimum Gasteiger partial charge on any atom is -0.497 e. The van der Waals surface area contributed by atoms with Crippen LogP contribution in [0.1, 0.15) is 12.5 Å². The number of anilines is 1. The molecule has 4 rings (SSSR count). The van der Waals surface area contributed by atoms with E-state index < -0.39 is 5.63 Å². The molecule has 0 saturated heterocycles. The number of para-hydroxylation sites is 1. The van der Waals surface area contributed by atoms with Gasteiger partial charge in [0.1, 0.15) is 5.75 Å². The predicted octanol–water partition coefficient (Wildman–Crippen LogP) is 3.45. The molecule has 0 atom stereocenters. The standard InChI is InChI=1S/C21H17N3O4/c1-13-17(20(25)24(22-13)15-6-4-3-5-7-15)12-18-19(23-28-21(18)26)14-8-10-16(27-2)11-9-14/h3-12,23H,1-2H3/b17-12-. The second-order valence-corrected chi connectivity index (χ2v) is 6.20. The first-order chi connectivity index (χ1) is 13.6. The van der Waals surface area contributed by atoms with Crippen molar-refractivity contribution < 1.29 is 14.1 Å². The maximum Gasteiger partial charge on any atom is 0.365 e. The molecule has 28 heavy (non-hydrogen) atoms. The third-order valence-corrected chi connectivity index (χ3v) is 4.47. The van der Waals surface area contributed by atoms with Gasteiger partial charge in [-0.3, -0.25) is 4.79 Å². The molecular weight excluding hydrogens is 358 g/mol. The number of aromatic amines is 1. The van der Waals surface area contributed by atoms with Gasteiger partial charge in [-0.15, -0.1) is 0 Å². The predicted molar refractivity (Wildman–Crippen MR) is 106 cm³/mol. The Morgan fingerprint density at radius 1 is 1.07 bits per heavy atom. The van der Waals surface area contributed by atoms with Crippen molar-refractivity contribution in [3.8, 4) is 17.0 Å². The van der Waals surface area contributed by atoms with Gasteiger partial charge >= 0.3 is 5.63 Å². The third kappa shape index (κ3) is 3.03. The molecule has 1 aromatic heterocycles. The number of carbonyl (C=O) groups excluding carboxylic acids is 1. The molecule has 1 N–H and O–H groups in total.